The Morgan fingerprint density at radius 3 is 2.43 bits per heavy atom. The number of hydrogen-bond acceptors (Lipinski definition) is 4. The summed E-state index contributed by atoms with van der Waals surface area (Å²) in [5, 5.41) is 6.45. The molecular weight excluding hydrogens is 266 g/mol. The summed E-state index contributed by atoms with van der Waals surface area (Å²) in [7, 11) is 0. The lowest BCUT2D eigenvalue weighted by molar-refractivity contribution is 0.102. The fourth-order valence-electron chi connectivity index (χ4n) is 2.08. The molecule has 1 aromatic carbocycles. The van der Waals surface area contributed by atoms with Gasteiger partial charge in [-0.15, -0.1) is 0 Å². The van der Waals surface area contributed by atoms with Crippen molar-refractivity contribution >= 4 is 11.7 Å². The molecule has 0 saturated heterocycles. The highest BCUT2D eigenvalue weighted by Crippen LogP contribution is 2.11. The zero-order chi connectivity index (χ0) is 15.2. The van der Waals surface area contributed by atoms with E-state index in [2.05, 4.69) is 29.2 Å². The molecule has 2 rings (SSSR count). The van der Waals surface area contributed by atoms with E-state index in [-0.39, 0.29) is 5.91 Å². The van der Waals surface area contributed by atoms with Gasteiger partial charge in [-0.2, -0.15) is 0 Å². The van der Waals surface area contributed by atoms with E-state index in [4.69, 9.17) is 4.52 Å². The average molecular weight is 287 g/mol. The van der Waals surface area contributed by atoms with Crippen LogP contribution in [0.25, 0.3) is 0 Å². The smallest absolute Gasteiger partial charge is 0.256 e. The van der Waals surface area contributed by atoms with Crippen LogP contribution in [-0.2, 0) is 6.54 Å². The first-order valence-electron chi connectivity index (χ1n) is 7.18. The molecule has 1 N–H and O–H groups in total. The summed E-state index contributed by atoms with van der Waals surface area (Å²) in [6.45, 7) is 9.01. The van der Waals surface area contributed by atoms with E-state index in [9.17, 15) is 4.79 Å². The molecule has 112 valence electrons. The molecular formula is C16H21N3O2. The first-order valence-corrected chi connectivity index (χ1v) is 7.18. The van der Waals surface area contributed by atoms with Gasteiger partial charge in [-0.3, -0.25) is 9.69 Å². The number of nitrogens with zero attached hydrogens (tertiary/aromatic N) is 2. The maximum atomic E-state index is 12.1. The normalized spacial score (nSPS) is 10.9. The minimum absolute atomic E-state index is 0.183. The number of carbonyl (C=O) groups is 1. The highest BCUT2D eigenvalue weighted by Gasteiger charge is 2.09. The molecule has 0 bridgehead atoms. The van der Waals surface area contributed by atoms with Crippen LogP contribution in [0.2, 0.25) is 0 Å². The monoisotopic (exact) mass is 287 g/mol. The number of rotatable bonds is 6. The summed E-state index contributed by atoms with van der Waals surface area (Å²) in [5.41, 5.74) is 1.81. The molecule has 0 aliphatic carbocycles. The molecule has 0 fully saturated rings. The third-order valence-electron chi connectivity index (χ3n) is 3.39. The minimum atomic E-state index is -0.183. The predicted molar refractivity (Wildman–Crippen MR) is 82.3 cm³/mol. The Balaban J connectivity index is 1.99. The van der Waals surface area contributed by atoms with Crippen LogP contribution >= 0.6 is 0 Å². The third kappa shape index (κ3) is 4.16. The maximum Gasteiger partial charge on any atom is 0.256 e. The molecule has 0 atom stereocenters. The van der Waals surface area contributed by atoms with E-state index in [1.807, 2.05) is 24.3 Å². The first kappa shape index (κ1) is 15.3. The minimum Gasteiger partial charge on any atom is -0.360 e. The van der Waals surface area contributed by atoms with E-state index >= 15 is 0 Å². The van der Waals surface area contributed by atoms with Crippen molar-refractivity contribution in [3.05, 3.63) is 47.2 Å². The summed E-state index contributed by atoms with van der Waals surface area (Å²) in [4.78, 5) is 14.4. The molecule has 0 aliphatic rings. The molecule has 1 amide bonds. The Bertz CT molecular complexity index is 586. The van der Waals surface area contributed by atoms with Gasteiger partial charge in [0.2, 0.25) is 0 Å². The number of carbonyl (C=O) groups excluding carboxylic acids is 1. The van der Waals surface area contributed by atoms with Crippen LogP contribution in [0, 0.1) is 6.92 Å². The van der Waals surface area contributed by atoms with Crippen molar-refractivity contribution in [2.45, 2.75) is 27.3 Å². The Morgan fingerprint density at radius 2 is 1.90 bits per heavy atom. The zero-order valence-electron chi connectivity index (χ0n) is 12.7. The Hall–Kier alpha value is -2.14. The van der Waals surface area contributed by atoms with Crippen LogP contribution in [0.15, 0.2) is 34.9 Å². The Kier molecular flexibility index (Phi) is 5.11. The van der Waals surface area contributed by atoms with Gasteiger partial charge in [-0.1, -0.05) is 31.1 Å². The second kappa shape index (κ2) is 7.04. The number of aryl methyl sites for hydroxylation is 1. The molecule has 5 heteroatoms. The van der Waals surface area contributed by atoms with Gasteiger partial charge in [0, 0.05) is 18.2 Å². The molecule has 0 saturated carbocycles. The van der Waals surface area contributed by atoms with Crippen LogP contribution in [0.4, 0.5) is 5.82 Å². The first-order chi connectivity index (χ1) is 10.1. The van der Waals surface area contributed by atoms with Gasteiger partial charge in [0.1, 0.15) is 5.76 Å². The van der Waals surface area contributed by atoms with Gasteiger partial charge in [0.15, 0.2) is 5.82 Å². The summed E-state index contributed by atoms with van der Waals surface area (Å²) in [6, 6.07) is 9.33. The van der Waals surface area contributed by atoms with Crippen molar-refractivity contribution in [2.75, 3.05) is 18.4 Å². The number of amides is 1. The van der Waals surface area contributed by atoms with Gasteiger partial charge in [-0.05, 0) is 37.7 Å². The second-order valence-corrected chi connectivity index (χ2v) is 4.94. The fourth-order valence-corrected chi connectivity index (χ4v) is 2.08. The molecule has 2 aromatic rings. The molecule has 0 radical (unpaired) electrons. The van der Waals surface area contributed by atoms with Crippen molar-refractivity contribution in [3.63, 3.8) is 0 Å². The largest absolute Gasteiger partial charge is 0.360 e. The van der Waals surface area contributed by atoms with Crippen LogP contribution in [-0.4, -0.2) is 29.1 Å². The number of nitrogens with one attached hydrogen (secondary N) is 1. The van der Waals surface area contributed by atoms with Gasteiger partial charge in [-0.25, -0.2) is 0 Å². The Labute approximate surface area is 124 Å². The van der Waals surface area contributed by atoms with E-state index < -0.39 is 0 Å². The van der Waals surface area contributed by atoms with Gasteiger partial charge < -0.3 is 9.84 Å². The van der Waals surface area contributed by atoms with Crippen LogP contribution in [0.1, 0.15) is 35.5 Å². The van der Waals surface area contributed by atoms with Crippen molar-refractivity contribution < 1.29 is 9.32 Å². The van der Waals surface area contributed by atoms with Crippen LogP contribution < -0.4 is 5.32 Å². The lowest BCUT2D eigenvalue weighted by Crippen LogP contribution is -2.22. The van der Waals surface area contributed by atoms with Gasteiger partial charge >= 0.3 is 0 Å². The SMILES string of the molecule is CCN(CC)Cc1ccc(C(=O)Nc2cc(C)on2)cc1. The number of benzene rings is 1. The summed E-state index contributed by atoms with van der Waals surface area (Å²) in [5.74, 6) is 0.919. The fraction of sp³-hybridized carbons (Fsp3) is 0.375. The summed E-state index contributed by atoms with van der Waals surface area (Å²) >= 11 is 0. The van der Waals surface area contributed by atoms with Crippen LogP contribution in [0.5, 0.6) is 0 Å². The molecule has 21 heavy (non-hydrogen) atoms. The van der Waals surface area contributed by atoms with Crippen molar-refractivity contribution in [1.82, 2.24) is 10.1 Å². The molecule has 1 aromatic heterocycles. The lowest BCUT2D eigenvalue weighted by Gasteiger charge is -2.17. The number of hydrogen-bond donors (Lipinski definition) is 1. The highest BCUT2D eigenvalue weighted by atomic mass is 16.5. The summed E-state index contributed by atoms with van der Waals surface area (Å²) in [6.07, 6.45) is 0. The van der Waals surface area contributed by atoms with E-state index in [0.29, 0.717) is 17.1 Å². The molecule has 5 nitrogen and oxygen atoms in total. The molecule has 0 unspecified atom stereocenters. The van der Waals surface area contributed by atoms with Crippen molar-refractivity contribution in [3.8, 4) is 0 Å². The van der Waals surface area contributed by atoms with E-state index in [1.54, 1.807) is 13.0 Å². The predicted octanol–water partition coefficient (Wildman–Crippen LogP) is 3.08. The third-order valence-corrected chi connectivity index (χ3v) is 3.39. The second-order valence-electron chi connectivity index (χ2n) is 4.94. The standard InChI is InChI=1S/C16H21N3O2/c1-4-19(5-2)11-13-6-8-14(9-7-13)16(20)17-15-10-12(3)21-18-15/h6-10H,4-5,11H2,1-3H3,(H,17,18,20). The quantitative estimate of drug-likeness (QED) is 0.887. The zero-order valence-corrected chi connectivity index (χ0v) is 12.7. The maximum absolute atomic E-state index is 12.1. The topological polar surface area (TPSA) is 58.4 Å². The van der Waals surface area contributed by atoms with Crippen molar-refractivity contribution in [1.29, 1.82) is 0 Å². The highest BCUT2D eigenvalue weighted by molar-refractivity contribution is 6.03. The lowest BCUT2D eigenvalue weighted by atomic mass is 10.1. The van der Waals surface area contributed by atoms with Gasteiger partial charge in [0.25, 0.3) is 5.91 Å². The number of aromatic nitrogens is 1. The number of anilines is 1. The average Bonchev–Trinajstić information content (AvgIpc) is 2.90. The van der Waals surface area contributed by atoms with E-state index in [0.717, 1.165) is 19.6 Å². The van der Waals surface area contributed by atoms with Crippen molar-refractivity contribution in [2.24, 2.45) is 0 Å². The molecule has 1 heterocycles. The van der Waals surface area contributed by atoms with E-state index in [1.165, 1.54) is 5.56 Å². The molecule has 0 aliphatic heterocycles. The Morgan fingerprint density at radius 1 is 1.24 bits per heavy atom. The molecule has 0 spiro atoms. The van der Waals surface area contributed by atoms with Gasteiger partial charge in [0.05, 0.1) is 0 Å². The van der Waals surface area contributed by atoms with Crippen LogP contribution in [0.3, 0.4) is 0 Å². The summed E-state index contributed by atoms with van der Waals surface area (Å²) < 4.78 is 4.92.